The van der Waals surface area contributed by atoms with Gasteiger partial charge in [0.15, 0.2) is 0 Å². The first kappa shape index (κ1) is 14.4. The average molecular weight is 243 g/mol. The van der Waals surface area contributed by atoms with Crippen LogP contribution in [0.1, 0.15) is 52.9 Å². The molecule has 0 radical (unpaired) electrons. The Morgan fingerprint density at radius 2 is 2.00 bits per heavy atom. The van der Waals surface area contributed by atoms with Crippen molar-refractivity contribution in [3.05, 3.63) is 0 Å². The number of rotatable bonds is 10. The summed E-state index contributed by atoms with van der Waals surface area (Å²) in [5.74, 6) is 4.54. The Kier molecular flexibility index (Phi) is 7.55. The second-order valence-corrected chi connectivity index (χ2v) is 6.68. The van der Waals surface area contributed by atoms with Crippen molar-refractivity contribution < 1.29 is 0 Å². The van der Waals surface area contributed by atoms with Gasteiger partial charge in [-0.1, -0.05) is 33.6 Å². The van der Waals surface area contributed by atoms with Crippen LogP contribution in [0.15, 0.2) is 0 Å². The molecule has 0 amide bonds. The van der Waals surface area contributed by atoms with E-state index in [1.165, 1.54) is 50.2 Å². The lowest BCUT2D eigenvalue weighted by molar-refractivity contribution is 0.488. The minimum atomic E-state index is 0.768. The molecule has 2 heteroatoms. The van der Waals surface area contributed by atoms with Crippen LogP contribution in [-0.4, -0.2) is 24.1 Å². The monoisotopic (exact) mass is 243 g/mol. The number of nitrogens with one attached hydrogen (secondary N) is 1. The summed E-state index contributed by atoms with van der Waals surface area (Å²) in [7, 11) is 0. The number of hydrogen-bond acceptors (Lipinski definition) is 2. The number of thioether (sulfide) groups is 1. The Morgan fingerprint density at radius 3 is 2.56 bits per heavy atom. The Morgan fingerprint density at radius 1 is 1.25 bits per heavy atom. The first-order chi connectivity index (χ1) is 7.72. The fraction of sp³-hybridized carbons (Fsp3) is 1.00. The molecule has 0 aromatic rings. The maximum absolute atomic E-state index is 3.71. The van der Waals surface area contributed by atoms with Crippen LogP contribution in [0.25, 0.3) is 0 Å². The van der Waals surface area contributed by atoms with E-state index >= 15 is 0 Å². The first-order valence-corrected chi connectivity index (χ1v) is 8.19. The van der Waals surface area contributed by atoms with Crippen LogP contribution in [0.5, 0.6) is 0 Å². The van der Waals surface area contributed by atoms with Crippen LogP contribution in [0, 0.1) is 11.8 Å². The van der Waals surface area contributed by atoms with Gasteiger partial charge in [-0.05, 0) is 43.4 Å². The third kappa shape index (κ3) is 7.56. The van der Waals surface area contributed by atoms with Gasteiger partial charge in [0.2, 0.25) is 0 Å². The van der Waals surface area contributed by atoms with E-state index in [1.807, 2.05) is 0 Å². The van der Waals surface area contributed by atoms with Crippen LogP contribution in [-0.2, 0) is 0 Å². The van der Waals surface area contributed by atoms with Crippen LogP contribution < -0.4 is 5.32 Å². The minimum absolute atomic E-state index is 0.768. The van der Waals surface area contributed by atoms with Gasteiger partial charge >= 0.3 is 0 Å². The van der Waals surface area contributed by atoms with Crippen LogP contribution in [0.2, 0.25) is 0 Å². The van der Waals surface area contributed by atoms with E-state index in [2.05, 4.69) is 37.8 Å². The fourth-order valence-corrected chi connectivity index (χ4v) is 3.06. The van der Waals surface area contributed by atoms with Gasteiger partial charge in [-0.2, -0.15) is 11.8 Å². The smallest absolute Gasteiger partial charge is 0.0158 e. The van der Waals surface area contributed by atoms with Crippen LogP contribution in [0.3, 0.4) is 0 Å². The summed E-state index contributed by atoms with van der Waals surface area (Å²) in [5, 5.41) is 3.71. The van der Waals surface area contributed by atoms with Gasteiger partial charge in [-0.25, -0.2) is 0 Å². The Bertz CT molecular complexity index is 166. The minimum Gasteiger partial charge on any atom is -0.313 e. The zero-order chi connectivity index (χ0) is 11.8. The third-order valence-corrected chi connectivity index (χ3v) is 4.61. The predicted molar refractivity (Wildman–Crippen MR) is 76.2 cm³/mol. The topological polar surface area (TPSA) is 12.0 Å². The van der Waals surface area contributed by atoms with Crippen molar-refractivity contribution in [1.82, 2.24) is 5.32 Å². The van der Waals surface area contributed by atoms with Gasteiger partial charge in [-0.3, -0.25) is 0 Å². The maximum atomic E-state index is 3.71. The average Bonchev–Trinajstić information content (AvgIpc) is 3.04. The van der Waals surface area contributed by atoms with Crippen molar-refractivity contribution in [2.75, 3.05) is 18.1 Å². The van der Waals surface area contributed by atoms with Gasteiger partial charge in [0, 0.05) is 11.8 Å². The van der Waals surface area contributed by atoms with E-state index in [1.54, 1.807) is 0 Å². The molecule has 1 unspecified atom stereocenters. The Hall–Kier alpha value is 0.310. The van der Waals surface area contributed by atoms with Crippen molar-refractivity contribution in [1.29, 1.82) is 0 Å². The summed E-state index contributed by atoms with van der Waals surface area (Å²) >= 11 is 2.13. The summed E-state index contributed by atoms with van der Waals surface area (Å²) in [6, 6.07) is 0.768. The third-order valence-electron chi connectivity index (χ3n) is 3.07. The molecule has 1 atom stereocenters. The standard InChI is InChI=1S/C14H29NS/c1-4-9-15-14(8-7-13-5-6-13)11-16-10-12(2)3/h12-15H,4-11H2,1-3H3. The van der Waals surface area contributed by atoms with Gasteiger partial charge in [-0.15, -0.1) is 0 Å². The molecule has 0 spiro atoms. The molecular weight excluding hydrogens is 214 g/mol. The molecule has 1 aliphatic carbocycles. The van der Waals surface area contributed by atoms with Gasteiger partial charge in [0.25, 0.3) is 0 Å². The molecular formula is C14H29NS. The molecule has 16 heavy (non-hydrogen) atoms. The molecule has 1 aliphatic rings. The van der Waals surface area contributed by atoms with Crippen molar-refractivity contribution >= 4 is 11.8 Å². The molecule has 1 nitrogen and oxygen atoms in total. The van der Waals surface area contributed by atoms with Crippen molar-refractivity contribution in [3.8, 4) is 0 Å². The summed E-state index contributed by atoms with van der Waals surface area (Å²) in [6.07, 6.45) is 7.12. The number of hydrogen-bond donors (Lipinski definition) is 1. The second kappa shape index (κ2) is 8.41. The highest BCUT2D eigenvalue weighted by atomic mass is 32.2. The van der Waals surface area contributed by atoms with Crippen molar-refractivity contribution in [2.24, 2.45) is 11.8 Å². The molecule has 0 bridgehead atoms. The normalized spacial score (nSPS) is 18.0. The van der Waals surface area contributed by atoms with Gasteiger partial charge < -0.3 is 5.32 Å². The van der Waals surface area contributed by atoms with Crippen molar-refractivity contribution in [2.45, 2.75) is 58.9 Å². The van der Waals surface area contributed by atoms with E-state index in [9.17, 15) is 0 Å². The first-order valence-electron chi connectivity index (χ1n) is 7.03. The molecule has 96 valence electrons. The highest BCUT2D eigenvalue weighted by molar-refractivity contribution is 7.99. The lowest BCUT2D eigenvalue weighted by Gasteiger charge is -2.18. The quantitative estimate of drug-likeness (QED) is 0.624. The Labute approximate surface area is 106 Å². The highest BCUT2D eigenvalue weighted by Gasteiger charge is 2.22. The van der Waals surface area contributed by atoms with E-state index in [0.717, 1.165) is 17.9 Å². The zero-order valence-electron chi connectivity index (χ0n) is 11.3. The lowest BCUT2D eigenvalue weighted by Crippen LogP contribution is -2.32. The van der Waals surface area contributed by atoms with Gasteiger partial charge in [0.05, 0.1) is 0 Å². The van der Waals surface area contributed by atoms with Crippen LogP contribution >= 0.6 is 11.8 Å². The molecule has 0 aromatic carbocycles. The molecule has 1 N–H and O–H groups in total. The molecule has 1 rings (SSSR count). The SMILES string of the molecule is CCCNC(CCC1CC1)CSCC(C)C. The zero-order valence-corrected chi connectivity index (χ0v) is 12.1. The predicted octanol–water partition coefficient (Wildman–Crippen LogP) is 3.93. The fourth-order valence-electron chi connectivity index (χ4n) is 1.88. The molecule has 1 fully saturated rings. The Balaban J connectivity index is 2.08. The summed E-state index contributed by atoms with van der Waals surface area (Å²) in [6.45, 7) is 8.07. The lowest BCUT2D eigenvalue weighted by atomic mass is 10.1. The van der Waals surface area contributed by atoms with E-state index < -0.39 is 0 Å². The second-order valence-electron chi connectivity index (χ2n) is 5.60. The maximum Gasteiger partial charge on any atom is 0.0158 e. The summed E-state index contributed by atoms with van der Waals surface area (Å²) < 4.78 is 0. The molecule has 0 saturated heterocycles. The summed E-state index contributed by atoms with van der Waals surface area (Å²) in [5.41, 5.74) is 0. The molecule has 1 saturated carbocycles. The molecule has 0 heterocycles. The van der Waals surface area contributed by atoms with Crippen LogP contribution in [0.4, 0.5) is 0 Å². The van der Waals surface area contributed by atoms with E-state index in [0.29, 0.717) is 0 Å². The largest absolute Gasteiger partial charge is 0.313 e. The van der Waals surface area contributed by atoms with Gasteiger partial charge in [0.1, 0.15) is 0 Å². The van der Waals surface area contributed by atoms with E-state index in [4.69, 9.17) is 0 Å². The molecule has 0 aromatic heterocycles. The summed E-state index contributed by atoms with van der Waals surface area (Å²) in [4.78, 5) is 0. The van der Waals surface area contributed by atoms with E-state index in [-0.39, 0.29) is 0 Å². The van der Waals surface area contributed by atoms with Crippen molar-refractivity contribution in [3.63, 3.8) is 0 Å². The highest BCUT2D eigenvalue weighted by Crippen LogP contribution is 2.34. The molecule has 0 aliphatic heterocycles.